The fraction of sp³-hybridized carbons (Fsp3) is 0.435. The van der Waals surface area contributed by atoms with Crippen molar-refractivity contribution in [3.05, 3.63) is 64.7 Å². The van der Waals surface area contributed by atoms with Gasteiger partial charge in [0.25, 0.3) is 0 Å². The molecule has 2 aromatic carbocycles. The normalized spacial score (nSPS) is 14.1. The van der Waals surface area contributed by atoms with Gasteiger partial charge in [0.1, 0.15) is 7.80 Å². The molecule has 0 fully saturated rings. The summed E-state index contributed by atoms with van der Waals surface area (Å²) in [5, 5.41) is 0.728. The minimum atomic E-state index is -2.02. The Bertz CT molecular complexity index is 795. The Morgan fingerprint density at radius 1 is 1.00 bits per heavy atom. The number of hydrogen-bond acceptors (Lipinski definition) is 2. The molecule has 0 radical (unpaired) electrons. The molecule has 0 aliphatic heterocycles. The van der Waals surface area contributed by atoms with Crippen molar-refractivity contribution < 1.29 is 9.36 Å². The van der Waals surface area contributed by atoms with E-state index in [1.807, 2.05) is 56.3 Å². The molecule has 0 bridgehead atoms. The van der Waals surface area contributed by atoms with Gasteiger partial charge in [-0.25, -0.2) is 0 Å². The van der Waals surface area contributed by atoms with Crippen LogP contribution < -0.4 is 5.30 Å². The van der Waals surface area contributed by atoms with Gasteiger partial charge in [-0.05, 0) is 42.7 Å². The Morgan fingerprint density at radius 2 is 1.58 bits per heavy atom. The largest absolute Gasteiger partial charge is 0.322 e. The third kappa shape index (κ3) is 5.17. The topological polar surface area (TPSA) is 34.1 Å². The second-order valence-electron chi connectivity index (χ2n) is 8.64. The van der Waals surface area contributed by atoms with Crippen molar-refractivity contribution in [2.75, 3.05) is 6.16 Å². The van der Waals surface area contributed by atoms with E-state index in [2.05, 4.69) is 27.7 Å². The molecule has 2 rings (SSSR count). The molecule has 0 spiro atoms. The second-order valence-corrected chi connectivity index (χ2v) is 10.4. The summed E-state index contributed by atoms with van der Waals surface area (Å²) in [6, 6.07) is 13.3. The molecule has 0 N–H and O–H groups in total. The van der Waals surface area contributed by atoms with Gasteiger partial charge >= 0.3 is 0 Å². The highest BCUT2D eigenvalue weighted by Crippen LogP contribution is 2.32. The summed E-state index contributed by atoms with van der Waals surface area (Å²) in [6.45, 7) is 12.7. The molecule has 0 aromatic heterocycles. The zero-order valence-electron chi connectivity index (χ0n) is 16.8. The highest BCUT2D eigenvalue weighted by atomic mass is 31.1. The zero-order chi connectivity index (χ0) is 19.5. The van der Waals surface area contributed by atoms with Crippen molar-refractivity contribution in [2.45, 2.75) is 48.0 Å². The van der Waals surface area contributed by atoms with E-state index in [4.69, 9.17) is 0 Å². The van der Waals surface area contributed by atoms with Crippen LogP contribution in [0.5, 0.6) is 0 Å². The van der Waals surface area contributed by atoms with Crippen LogP contribution in [-0.4, -0.2) is 11.9 Å². The first kappa shape index (κ1) is 20.6. The number of hydrogen-bond donors (Lipinski definition) is 0. The van der Waals surface area contributed by atoms with Crippen LogP contribution >= 0.6 is 7.80 Å². The lowest BCUT2D eigenvalue weighted by atomic mass is 9.86. The first-order valence-electron chi connectivity index (χ1n) is 9.33. The summed E-state index contributed by atoms with van der Waals surface area (Å²) >= 11 is 0. The predicted octanol–water partition coefficient (Wildman–Crippen LogP) is 5.79. The van der Waals surface area contributed by atoms with Gasteiger partial charge in [0, 0.05) is 22.6 Å². The number of carbonyl (C=O) groups excluding carboxylic acids is 1. The molecule has 0 amide bonds. The lowest BCUT2D eigenvalue weighted by Gasteiger charge is -2.23. The summed E-state index contributed by atoms with van der Waals surface area (Å²) in [7, 11) is -2.02. The smallest absolute Gasteiger partial charge is 0.194 e. The molecule has 3 heteroatoms. The molecule has 2 unspecified atom stereocenters. The minimum Gasteiger partial charge on any atom is -0.322 e. The highest BCUT2D eigenvalue weighted by Gasteiger charge is 2.22. The van der Waals surface area contributed by atoms with Crippen molar-refractivity contribution in [1.82, 2.24) is 0 Å². The summed E-state index contributed by atoms with van der Waals surface area (Å²) in [6.07, 6.45) is 1.68. The van der Waals surface area contributed by atoms with Crippen molar-refractivity contribution in [3.63, 3.8) is 0 Å². The predicted molar refractivity (Wildman–Crippen MR) is 113 cm³/mol. The Balaban J connectivity index is 2.33. The quantitative estimate of drug-likeness (QED) is 0.476. The SMILES string of the molecule is Cc1cccc(C)c1C(=O)c1ccccc1[PH](=O)CC(C)CC(C)(C)C. The second kappa shape index (κ2) is 8.35. The number of benzene rings is 2. The Hall–Kier alpha value is -1.66. The first-order valence-corrected chi connectivity index (χ1v) is 10.9. The van der Waals surface area contributed by atoms with Gasteiger partial charge in [0.05, 0.1) is 0 Å². The van der Waals surface area contributed by atoms with E-state index in [0.29, 0.717) is 17.6 Å². The maximum absolute atomic E-state index is 13.2. The molecule has 0 aliphatic carbocycles. The summed E-state index contributed by atoms with van der Waals surface area (Å²) in [5.41, 5.74) is 3.47. The molecule has 2 aromatic rings. The van der Waals surface area contributed by atoms with Gasteiger partial charge in [0.2, 0.25) is 0 Å². The van der Waals surface area contributed by atoms with Crippen LogP contribution in [-0.2, 0) is 4.57 Å². The van der Waals surface area contributed by atoms with E-state index >= 15 is 0 Å². The average Bonchev–Trinajstić information content (AvgIpc) is 2.52. The van der Waals surface area contributed by atoms with Crippen LogP contribution in [0.2, 0.25) is 0 Å². The fourth-order valence-electron chi connectivity index (χ4n) is 3.78. The minimum absolute atomic E-state index is 0.0157. The van der Waals surface area contributed by atoms with Crippen molar-refractivity contribution in [3.8, 4) is 0 Å². The van der Waals surface area contributed by atoms with Crippen LogP contribution in [0, 0.1) is 25.2 Å². The molecule has 26 heavy (non-hydrogen) atoms. The fourth-order valence-corrected chi connectivity index (χ4v) is 5.55. The maximum atomic E-state index is 13.2. The van der Waals surface area contributed by atoms with Crippen LogP contribution in [0.3, 0.4) is 0 Å². The summed E-state index contributed by atoms with van der Waals surface area (Å²) < 4.78 is 13.1. The third-order valence-electron chi connectivity index (χ3n) is 4.67. The number of carbonyl (C=O) groups is 1. The molecular formula is C23H31O2P. The molecule has 0 aliphatic rings. The summed E-state index contributed by atoms with van der Waals surface area (Å²) in [4.78, 5) is 13.2. The van der Waals surface area contributed by atoms with Gasteiger partial charge in [-0.2, -0.15) is 0 Å². The van der Waals surface area contributed by atoms with E-state index in [1.54, 1.807) is 0 Å². The van der Waals surface area contributed by atoms with Crippen LogP contribution in [0.15, 0.2) is 42.5 Å². The monoisotopic (exact) mass is 370 g/mol. The Morgan fingerprint density at radius 3 is 2.15 bits per heavy atom. The lowest BCUT2D eigenvalue weighted by Crippen LogP contribution is -2.18. The molecular weight excluding hydrogens is 339 g/mol. The van der Waals surface area contributed by atoms with Crippen molar-refractivity contribution in [1.29, 1.82) is 0 Å². The lowest BCUT2D eigenvalue weighted by molar-refractivity contribution is 0.103. The van der Waals surface area contributed by atoms with Crippen molar-refractivity contribution >= 4 is 18.9 Å². The van der Waals surface area contributed by atoms with Gasteiger partial charge < -0.3 is 4.57 Å². The van der Waals surface area contributed by atoms with Gasteiger partial charge in [-0.3, -0.25) is 4.79 Å². The molecule has 0 heterocycles. The standard InChI is InChI=1S/C23H31O2P/c1-16(14-23(4,5)6)15-26(25)20-13-8-7-12-19(20)22(24)21-17(2)10-9-11-18(21)3/h7-13,16,26H,14-15H2,1-6H3. The third-order valence-corrected chi connectivity index (χ3v) is 6.78. The van der Waals surface area contributed by atoms with E-state index < -0.39 is 7.80 Å². The Kier molecular flexibility index (Phi) is 6.64. The van der Waals surface area contributed by atoms with E-state index in [0.717, 1.165) is 28.4 Å². The number of rotatable bonds is 6. The van der Waals surface area contributed by atoms with E-state index in [1.165, 1.54) is 0 Å². The van der Waals surface area contributed by atoms with Gasteiger partial charge in [-0.1, -0.05) is 70.2 Å². The maximum Gasteiger partial charge on any atom is 0.194 e. The molecule has 2 nitrogen and oxygen atoms in total. The number of aryl methyl sites for hydroxylation is 2. The van der Waals surface area contributed by atoms with Crippen LogP contribution in [0.25, 0.3) is 0 Å². The molecule has 140 valence electrons. The molecule has 0 saturated carbocycles. The van der Waals surface area contributed by atoms with Crippen LogP contribution in [0.1, 0.15) is 61.2 Å². The van der Waals surface area contributed by atoms with Gasteiger partial charge in [0.15, 0.2) is 5.78 Å². The van der Waals surface area contributed by atoms with Gasteiger partial charge in [-0.15, -0.1) is 0 Å². The zero-order valence-corrected chi connectivity index (χ0v) is 17.8. The Labute approximate surface area is 158 Å². The van der Waals surface area contributed by atoms with E-state index in [-0.39, 0.29) is 11.2 Å². The van der Waals surface area contributed by atoms with Crippen LogP contribution in [0.4, 0.5) is 0 Å². The average molecular weight is 370 g/mol. The number of ketones is 1. The summed E-state index contributed by atoms with van der Waals surface area (Å²) in [5.74, 6) is 0.350. The molecule has 0 saturated heterocycles. The van der Waals surface area contributed by atoms with E-state index in [9.17, 15) is 9.36 Å². The van der Waals surface area contributed by atoms with Crippen molar-refractivity contribution in [2.24, 2.45) is 11.3 Å². The molecule has 2 atom stereocenters. The highest BCUT2D eigenvalue weighted by molar-refractivity contribution is 7.53. The first-order chi connectivity index (χ1) is 12.1.